The molecule has 1 heterocycles. The summed E-state index contributed by atoms with van der Waals surface area (Å²) in [6.07, 6.45) is 3.20. The minimum Gasteiger partial charge on any atom is -0.443 e. The molecule has 5 heteroatoms. The fraction of sp³-hybridized carbons (Fsp3) is 0.867. The molecule has 0 bridgehead atoms. The van der Waals surface area contributed by atoms with Crippen LogP contribution in [-0.4, -0.2) is 46.7 Å². The summed E-state index contributed by atoms with van der Waals surface area (Å²) < 4.78 is 5.35. The summed E-state index contributed by atoms with van der Waals surface area (Å²) in [5.74, 6) is 0. The number of ether oxygens (including phenoxy) is 1. The molecular formula is C15H28N2O3. The number of carbonyl (C=O) groups excluding carboxylic acids is 2. The largest absolute Gasteiger partial charge is 0.443 e. The number of urea groups is 1. The Bertz CT molecular complexity index is 350. The first-order chi connectivity index (χ1) is 9.26. The zero-order valence-corrected chi connectivity index (χ0v) is 13.4. The predicted molar refractivity (Wildman–Crippen MR) is 78.6 cm³/mol. The van der Waals surface area contributed by atoms with E-state index in [1.165, 1.54) is 4.90 Å². The van der Waals surface area contributed by atoms with E-state index in [4.69, 9.17) is 4.74 Å². The van der Waals surface area contributed by atoms with Crippen LogP contribution in [0.15, 0.2) is 0 Å². The molecule has 1 atom stereocenters. The van der Waals surface area contributed by atoms with Crippen molar-refractivity contribution in [1.82, 2.24) is 9.80 Å². The molecule has 0 aromatic heterocycles. The average Bonchev–Trinajstić information content (AvgIpc) is 2.73. The lowest BCUT2D eigenvalue weighted by Gasteiger charge is -2.31. The topological polar surface area (TPSA) is 49.9 Å². The molecule has 20 heavy (non-hydrogen) atoms. The number of imide groups is 1. The predicted octanol–water partition coefficient (Wildman–Crippen LogP) is 3.63. The minimum atomic E-state index is -0.585. The monoisotopic (exact) mass is 284 g/mol. The zero-order valence-electron chi connectivity index (χ0n) is 13.4. The van der Waals surface area contributed by atoms with Gasteiger partial charge in [-0.3, -0.25) is 0 Å². The maximum atomic E-state index is 12.5. The molecule has 0 unspecified atom stereocenters. The zero-order chi connectivity index (χ0) is 15.3. The van der Waals surface area contributed by atoms with Crippen molar-refractivity contribution in [2.45, 2.75) is 71.9 Å². The molecule has 1 aliphatic rings. The van der Waals surface area contributed by atoms with Crippen LogP contribution in [0.5, 0.6) is 0 Å². The van der Waals surface area contributed by atoms with Gasteiger partial charge in [-0.1, -0.05) is 13.3 Å². The minimum absolute atomic E-state index is 0.203. The van der Waals surface area contributed by atoms with Crippen molar-refractivity contribution in [3.05, 3.63) is 0 Å². The summed E-state index contributed by atoms with van der Waals surface area (Å²) >= 11 is 0. The van der Waals surface area contributed by atoms with Crippen molar-refractivity contribution < 1.29 is 14.3 Å². The molecule has 0 saturated carbocycles. The summed E-state index contributed by atoms with van der Waals surface area (Å²) in [5.41, 5.74) is -0.585. The summed E-state index contributed by atoms with van der Waals surface area (Å²) in [6.45, 7) is 10.6. The molecule has 0 radical (unpaired) electrons. The Kier molecular flexibility index (Phi) is 5.84. The Morgan fingerprint density at radius 3 is 2.45 bits per heavy atom. The molecule has 116 valence electrons. The standard InChI is InChI=1S/C15H28N2O3/c1-6-7-10-17(14(19)20-15(3,4)5)13(18)16-11-8-9-12(16)2/h12H,6-11H2,1-5H3/t12-/m1/s1. The van der Waals surface area contributed by atoms with Crippen molar-refractivity contribution in [2.75, 3.05) is 13.1 Å². The van der Waals surface area contributed by atoms with Gasteiger partial charge >= 0.3 is 12.1 Å². The van der Waals surface area contributed by atoms with Crippen molar-refractivity contribution >= 4 is 12.1 Å². The van der Waals surface area contributed by atoms with E-state index in [9.17, 15) is 9.59 Å². The van der Waals surface area contributed by atoms with Crippen LogP contribution in [0.1, 0.15) is 60.3 Å². The highest BCUT2D eigenvalue weighted by Gasteiger charge is 2.34. The highest BCUT2D eigenvalue weighted by Crippen LogP contribution is 2.20. The number of amides is 3. The quantitative estimate of drug-likeness (QED) is 0.795. The maximum absolute atomic E-state index is 12.5. The Balaban J connectivity index is 2.77. The summed E-state index contributed by atoms with van der Waals surface area (Å²) in [4.78, 5) is 27.8. The SMILES string of the molecule is CCCCN(C(=O)OC(C)(C)C)C(=O)N1CCC[C@H]1C. The molecule has 0 aromatic carbocycles. The highest BCUT2D eigenvalue weighted by atomic mass is 16.6. The first-order valence-electron chi connectivity index (χ1n) is 7.57. The molecule has 1 saturated heterocycles. The number of hydrogen-bond donors (Lipinski definition) is 0. The summed E-state index contributed by atoms with van der Waals surface area (Å²) in [5, 5.41) is 0. The number of carbonyl (C=O) groups is 2. The van der Waals surface area contributed by atoms with Crippen molar-refractivity contribution in [3.63, 3.8) is 0 Å². The van der Waals surface area contributed by atoms with Crippen molar-refractivity contribution in [2.24, 2.45) is 0 Å². The molecule has 1 aliphatic heterocycles. The lowest BCUT2D eigenvalue weighted by atomic mass is 10.2. The summed E-state index contributed by atoms with van der Waals surface area (Å²) in [7, 11) is 0. The fourth-order valence-corrected chi connectivity index (χ4v) is 2.27. The van der Waals surface area contributed by atoms with Crippen LogP contribution in [0.25, 0.3) is 0 Å². The van der Waals surface area contributed by atoms with Gasteiger partial charge in [0.1, 0.15) is 5.60 Å². The van der Waals surface area contributed by atoms with Gasteiger partial charge in [0.2, 0.25) is 0 Å². The first kappa shape index (κ1) is 16.8. The van der Waals surface area contributed by atoms with Gasteiger partial charge in [0.15, 0.2) is 0 Å². The molecule has 5 nitrogen and oxygen atoms in total. The molecule has 1 fully saturated rings. The third kappa shape index (κ3) is 4.69. The lowest BCUT2D eigenvalue weighted by molar-refractivity contribution is 0.0281. The molecule has 0 spiro atoms. The van der Waals surface area contributed by atoms with Crippen LogP contribution in [-0.2, 0) is 4.74 Å². The van der Waals surface area contributed by atoms with Crippen LogP contribution in [0.2, 0.25) is 0 Å². The van der Waals surface area contributed by atoms with E-state index in [0.29, 0.717) is 6.54 Å². The van der Waals surface area contributed by atoms with Gasteiger partial charge in [-0.25, -0.2) is 14.5 Å². The van der Waals surface area contributed by atoms with Crippen LogP contribution < -0.4 is 0 Å². The molecule has 0 aromatic rings. The second kappa shape index (κ2) is 6.95. The first-order valence-corrected chi connectivity index (χ1v) is 7.57. The highest BCUT2D eigenvalue weighted by molar-refractivity contribution is 5.91. The third-order valence-corrected chi connectivity index (χ3v) is 3.38. The molecule has 0 aliphatic carbocycles. The number of hydrogen-bond acceptors (Lipinski definition) is 3. The maximum Gasteiger partial charge on any atom is 0.418 e. The third-order valence-electron chi connectivity index (χ3n) is 3.38. The normalized spacial score (nSPS) is 19.1. The van der Waals surface area contributed by atoms with Gasteiger partial charge in [0, 0.05) is 19.1 Å². The number of unbranched alkanes of at least 4 members (excludes halogenated alkanes) is 1. The second-order valence-electron chi connectivity index (χ2n) is 6.45. The van der Waals surface area contributed by atoms with Crippen molar-refractivity contribution in [3.8, 4) is 0 Å². The molecule has 0 N–H and O–H groups in total. The van der Waals surface area contributed by atoms with E-state index in [-0.39, 0.29) is 12.1 Å². The van der Waals surface area contributed by atoms with E-state index < -0.39 is 11.7 Å². The summed E-state index contributed by atoms with van der Waals surface area (Å²) in [6, 6.07) is -0.00763. The number of rotatable bonds is 3. The average molecular weight is 284 g/mol. The van der Waals surface area contributed by atoms with Gasteiger partial charge in [-0.2, -0.15) is 0 Å². The van der Waals surface area contributed by atoms with Crippen LogP contribution in [0, 0.1) is 0 Å². The van der Waals surface area contributed by atoms with E-state index >= 15 is 0 Å². The second-order valence-corrected chi connectivity index (χ2v) is 6.45. The smallest absolute Gasteiger partial charge is 0.418 e. The Morgan fingerprint density at radius 2 is 2.00 bits per heavy atom. The number of nitrogens with zero attached hydrogens (tertiary/aromatic N) is 2. The molecular weight excluding hydrogens is 256 g/mol. The van der Waals surface area contributed by atoms with Crippen molar-refractivity contribution in [1.29, 1.82) is 0 Å². The van der Waals surface area contributed by atoms with Gasteiger partial charge in [-0.05, 0) is 47.0 Å². The molecule has 3 amide bonds. The van der Waals surface area contributed by atoms with E-state index in [1.807, 2.05) is 34.6 Å². The fourth-order valence-electron chi connectivity index (χ4n) is 2.27. The van der Waals surface area contributed by atoms with Crippen LogP contribution in [0.3, 0.4) is 0 Å². The van der Waals surface area contributed by atoms with Crippen LogP contribution in [0.4, 0.5) is 9.59 Å². The van der Waals surface area contributed by atoms with E-state index in [1.54, 1.807) is 4.90 Å². The Hall–Kier alpha value is -1.26. The molecule has 1 rings (SSSR count). The van der Waals surface area contributed by atoms with Gasteiger partial charge in [-0.15, -0.1) is 0 Å². The van der Waals surface area contributed by atoms with E-state index in [0.717, 1.165) is 32.2 Å². The van der Waals surface area contributed by atoms with Crippen LogP contribution >= 0.6 is 0 Å². The van der Waals surface area contributed by atoms with Gasteiger partial charge in [0.05, 0.1) is 0 Å². The van der Waals surface area contributed by atoms with E-state index in [2.05, 4.69) is 0 Å². The Labute approximate surface area is 122 Å². The van der Waals surface area contributed by atoms with Gasteiger partial charge < -0.3 is 9.64 Å². The Morgan fingerprint density at radius 1 is 1.35 bits per heavy atom. The van der Waals surface area contributed by atoms with Gasteiger partial charge in [0.25, 0.3) is 0 Å². The number of likely N-dealkylation sites (tertiary alicyclic amines) is 1. The lowest BCUT2D eigenvalue weighted by Crippen LogP contribution is -2.49.